The van der Waals surface area contributed by atoms with Crippen molar-refractivity contribution in [1.82, 2.24) is 0 Å². The lowest BCUT2D eigenvalue weighted by molar-refractivity contribution is 0.721. The molecule has 0 spiro atoms. The van der Waals surface area contributed by atoms with Crippen LogP contribution in [0.25, 0.3) is 0 Å². The molecule has 0 amide bonds. The molecule has 0 fully saturated rings. The second-order valence-electron chi connectivity index (χ2n) is 2.59. The third kappa shape index (κ3) is 0.875. The maximum absolute atomic E-state index is 5.81. The van der Waals surface area contributed by atoms with Crippen LogP contribution in [0.2, 0.25) is 4.34 Å². The standard InChI is InChI=1S/C7H8ClNS/c8-6-3-4-1-2-5(9)7(4)10-6/h3,5H,1-2,9H2. The first kappa shape index (κ1) is 6.65. The third-order valence-electron chi connectivity index (χ3n) is 1.87. The van der Waals surface area contributed by atoms with E-state index in [1.54, 1.807) is 11.3 Å². The van der Waals surface area contributed by atoms with E-state index in [-0.39, 0.29) is 6.04 Å². The normalized spacial score (nSPS) is 23.2. The number of thiophene rings is 1. The molecule has 2 rings (SSSR count). The Hall–Kier alpha value is -0.0500. The van der Waals surface area contributed by atoms with Crippen molar-refractivity contribution in [3.8, 4) is 0 Å². The maximum Gasteiger partial charge on any atom is 0.0934 e. The molecule has 1 nitrogen and oxygen atoms in total. The Bertz CT molecular complexity index is 256. The van der Waals surface area contributed by atoms with E-state index in [2.05, 4.69) is 0 Å². The van der Waals surface area contributed by atoms with Crippen LogP contribution in [0.5, 0.6) is 0 Å². The van der Waals surface area contributed by atoms with E-state index in [0.29, 0.717) is 0 Å². The van der Waals surface area contributed by atoms with Crippen molar-refractivity contribution in [2.45, 2.75) is 18.9 Å². The lowest BCUT2D eigenvalue weighted by Crippen LogP contribution is -2.02. The van der Waals surface area contributed by atoms with Crippen LogP contribution in [-0.4, -0.2) is 0 Å². The van der Waals surface area contributed by atoms with Crippen molar-refractivity contribution in [3.63, 3.8) is 0 Å². The van der Waals surface area contributed by atoms with Gasteiger partial charge in [0.1, 0.15) is 0 Å². The summed E-state index contributed by atoms with van der Waals surface area (Å²) >= 11 is 7.43. The molecule has 10 heavy (non-hydrogen) atoms. The van der Waals surface area contributed by atoms with E-state index in [0.717, 1.165) is 17.2 Å². The lowest BCUT2D eigenvalue weighted by atomic mass is 10.3. The zero-order valence-corrected chi connectivity index (χ0v) is 7.00. The van der Waals surface area contributed by atoms with Crippen LogP contribution in [0.4, 0.5) is 0 Å². The monoisotopic (exact) mass is 173 g/mol. The first-order valence-electron chi connectivity index (χ1n) is 3.31. The summed E-state index contributed by atoms with van der Waals surface area (Å²) in [6.45, 7) is 0. The second-order valence-corrected chi connectivity index (χ2v) is 4.30. The fourth-order valence-electron chi connectivity index (χ4n) is 1.36. The molecule has 0 bridgehead atoms. The topological polar surface area (TPSA) is 26.0 Å². The number of hydrogen-bond acceptors (Lipinski definition) is 2. The molecular formula is C7H8ClNS. The summed E-state index contributed by atoms with van der Waals surface area (Å²) in [4.78, 5) is 1.30. The van der Waals surface area contributed by atoms with Gasteiger partial charge in [-0.1, -0.05) is 11.6 Å². The minimum Gasteiger partial charge on any atom is -0.323 e. The highest BCUT2D eigenvalue weighted by Crippen LogP contribution is 2.38. The number of rotatable bonds is 0. The summed E-state index contributed by atoms with van der Waals surface area (Å²) < 4.78 is 0.875. The van der Waals surface area contributed by atoms with Gasteiger partial charge in [-0.15, -0.1) is 11.3 Å². The quantitative estimate of drug-likeness (QED) is 0.641. The Morgan fingerprint density at radius 2 is 2.50 bits per heavy atom. The highest BCUT2D eigenvalue weighted by atomic mass is 35.5. The Labute approximate surface area is 68.8 Å². The molecule has 1 unspecified atom stereocenters. The van der Waals surface area contributed by atoms with Gasteiger partial charge in [0.25, 0.3) is 0 Å². The SMILES string of the molecule is NC1CCc2cc(Cl)sc21. The fourth-order valence-corrected chi connectivity index (χ4v) is 2.71. The van der Waals surface area contributed by atoms with Crippen LogP contribution in [-0.2, 0) is 6.42 Å². The Kier molecular flexibility index (Phi) is 1.48. The molecule has 0 aromatic carbocycles. The zero-order valence-electron chi connectivity index (χ0n) is 5.43. The summed E-state index contributed by atoms with van der Waals surface area (Å²) in [7, 11) is 0. The largest absolute Gasteiger partial charge is 0.323 e. The number of halogens is 1. The maximum atomic E-state index is 5.81. The molecule has 1 atom stereocenters. The average Bonchev–Trinajstić information content (AvgIpc) is 2.35. The molecule has 54 valence electrons. The minimum absolute atomic E-state index is 0.257. The molecule has 0 aliphatic heterocycles. The molecule has 3 heteroatoms. The van der Waals surface area contributed by atoms with Gasteiger partial charge in [-0.3, -0.25) is 0 Å². The van der Waals surface area contributed by atoms with Crippen molar-refractivity contribution in [2.75, 3.05) is 0 Å². The predicted octanol–water partition coefficient (Wildman–Crippen LogP) is 2.35. The summed E-state index contributed by atoms with van der Waals surface area (Å²) in [5.74, 6) is 0. The van der Waals surface area contributed by atoms with E-state index in [4.69, 9.17) is 17.3 Å². The van der Waals surface area contributed by atoms with Crippen molar-refractivity contribution in [2.24, 2.45) is 5.73 Å². The highest BCUT2D eigenvalue weighted by Gasteiger charge is 2.21. The van der Waals surface area contributed by atoms with E-state index < -0.39 is 0 Å². The van der Waals surface area contributed by atoms with Gasteiger partial charge < -0.3 is 5.73 Å². The van der Waals surface area contributed by atoms with Gasteiger partial charge in [-0.05, 0) is 24.5 Å². The van der Waals surface area contributed by atoms with Crippen LogP contribution in [0.3, 0.4) is 0 Å². The van der Waals surface area contributed by atoms with Gasteiger partial charge >= 0.3 is 0 Å². The second kappa shape index (κ2) is 2.22. The molecule has 0 saturated heterocycles. The number of nitrogens with two attached hydrogens (primary N) is 1. The van der Waals surface area contributed by atoms with Crippen LogP contribution in [0, 0.1) is 0 Å². The molecule has 1 aliphatic carbocycles. The number of aryl methyl sites for hydroxylation is 1. The summed E-state index contributed by atoms with van der Waals surface area (Å²) in [5, 5.41) is 0. The molecule has 1 heterocycles. The molecule has 1 aromatic heterocycles. The van der Waals surface area contributed by atoms with E-state index in [1.165, 1.54) is 10.4 Å². The molecule has 2 N–H and O–H groups in total. The summed E-state index contributed by atoms with van der Waals surface area (Å²) in [6, 6.07) is 2.29. The van der Waals surface area contributed by atoms with Crippen LogP contribution < -0.4 is 5.73 Å². The molecule has 1 aliphatic rings. The van der Waals surface area contributed by atoms with Gasteiger partial charge in [0.15, 0.2) is 0 Å². The summed E-state index contributed by atoms with van der Waals surface area (Å²) in [6.07, 6.45) is 2.21. The van der Waals surface area contributed by atoms with E-state index >= 15 is 0 Å². The predicted molar refractivity (Wildman–Crippen MR) is 44.6 cm³/mol. The van der Waals surface area contributed by atoms with Crippen molar-refractivity contribution >= 4 is 22.9 Å². The van der Waals surface area contributed by atoms with Crippen molar-refractivity contribution < 1.29 is 0 Å². The summed E-state index contributed by atoms with van der Waals surface area (Å²) in [5.41, 5.74) is 7.17. The first-order valence-corrected chi connectivity index (χ1v) is 4.50. The zero-order chi connectivity index (χ0) is 7.14. The third-order valence-corrected chi connectivity index (χ3v) is 3.31. The van der Waals surface area contributed by atoms with Crippen molar-refractivity contribution in [3.05, 3.63) is 20.8 Å². The van der Waals surface area contributed by atoms with E-state index in [1.807, 2.05) is 6.07 Å². The Balaban J connectivity index is 2.49. The highest BCUT2D eigenvalue weighted by molar-refractivity contribution is 7.16. The Morgan fingerprint density at radius 3 is 3.20 bits per heavy atom. The molecule has 0 radical (unpaired) electrons. The van der Waals surface area contributed by atoms with Crippen LogP contribution in [0.1, 0.15) is 22.9 Å². The number of fused-ring (bicyclic) bond motifs is 1. The van der Waals surface area contributed by atoms with Crippen molar-refractivity contribution in [1.29, 1.82) is 0 Å². The van der Waals surface area contributed by atoms with Gasteiger partial charge in [0.2, 0.25) is 0 Å². The minimum atomic E-state index is 0.257. The fraction of sp³-hybridized carbons (Fsp3) is 0.429. The molecule has 0 saturated carbocycles. The number of hydrogen-bond donors (Lipinski definition) is 1. The lowest BCUT2D eigenvalue weighted by Gasteiger charge is -1.97. The molecule has 1 aromatic rings. The smallest absolute Gasteiger partial charge is 0.0934 e. The molecular weight excluding hydrogens is 166 g/mol. The average molecular weight is 174 g/mol. The van der Waals surface area contributed by atoms with Gasteiger partial charge in [-0.25, -0.2) is 0 Å². The van der Waals surface area contributed by atoms with Crippen LogP contribution >= 0.6 is 22.9 Å². The van der Waals surface area contributed by atoms with E-state index in [9.17, 15) is 0 Å². The van der Waals surface area contributed by atoms with Crippen LogP contribution in [0.15, 0.2) is 6.07 Å². The Morgan fingerprint density at radius 1 is 1.70 bits per heavy atom. The first-order chi connectivity index (χ1) is 4.77. The van der Waals surface area contributed by atoms with Gasteiger partial charge in [0, 0.05) is 10.9 Å². The van der Waals surface area contributed by atoms with Gasteiger partial charge in [-0.2, -0.15) is 0 Å². The van der Waals surface area contributed by atoms with Gasteiger partial charge in [0.05, 0.1) is 4.34 Å².